The van der Waals surface area contributed by atoms with E-state index < -0.39 is 11.6 Å². The van der Waals surface area contributed by atoms with Gasteiger partial charge in [-0.3, -0.25) is 9.88 Å². The summed E-state index contributed by atoms with van der Waals surface area (Å²) in [6.07, 6.45) is 13.4. The Morgan fingerprint density at radius 2 is 1.92 bits per heavy atom. The minimum absolute atomic E-state index is 0.0236. The zero-order chi connectivity index (χ0) is 34.2. The fourth-order valence-electron chi connectivity index (χ4n) is 8.57. The van der Waals surface area contributed by atoms with Crippen molar-refractivity contribution in [3.8, 4) is 35.4 Å². The molecule has 0 amide bonds. The van der Waals surface area contributed by atoms with E-state index in [1.807, 2.05) is 0 Å². The first-order chi connectivity index (χ1) is 24.4. The number of phenolic OH excluding ortho intramolecular Hbond substituents is 1. The normalized spacial score (nSPS) is 24.6. The molecule has 3 aliphatic heterocycles. The van der Waals surface area contributed by atoms with Gasteiger partial charge in [0.15, 0.2) is 5.82 Å². The summed E-state index contributed by atoms with van der Waals surface area (Å²) < 4.78 is 55.8. The molecule has 8 rings (SSSR count). The second kappa shape index (κ2) is 13.9. The van der Waals surface area contributed by atoms with Crippen molar-refractivity contribution in [2.75, 3.05) is 70.7 Å². The summed E-state index contributed by atoms with van der Waals surface area (Å²) in [5.74, 6) is 1.42. The fourth-order valence-corrected chi connectivity index (χ4v) is 8.57. The first-order valence-electron chi connectivity index (χ1n) is 17.6. The molecular weight excluding hydrogens is 644 g/mol. The third-order valence-electron chi connectivity index (χ3n) is 10.8. The van der Waals surface area contributed by atoms with Crippen LogP contribution in [0.3, 0.4) is 0 Å². The van der Waals surface area contributed by atoms with Crippen LogP contribution in [0.2, 0.25) is 0 Å². The van der Waals surface area contributed by atoms with Gasteiger partial charge in [-0.25, -0.2) is 8.78 Å². The highest BCUT2D eigenvalue weighted by molar-refractivity contribution is 6.03. The zero-order valence-corrected chi connectivity index (χ0v) is 28.0. The third-order valence-corrected chi connectivity index (χ3v) is 10.8. The Labute approximate surface area is 289 Å². The number of piperidine rings is 1. The van der Waals surface area contributed by atoms with Crippen molar-refractivity contribution < 1.29 is 32.8 Å². The van der Waals surface area contributed by atoms with Crippen LogP contribution in [0.1, 0.15) is 44.1 Å². The van der Waals surface area contributed by atoms with Crippen LogP contribution in [0.4, 0.5) is 14.6 Å². The summed E-state index contributed by atoms with van der Waals surface area (Å²) in [6, 6.07) is 5.97. The standard InChI is InChI=1S/C38H41F2N5O5/c1-2-27-30(39)8-7-24-18-25(46)19-28(32(24)27)34-33(40)35-29(20-41-34)36(44-12-5-14-47-15-13-44)43-37(42-35)50-23-38-9-3-6-31(38)45(11-4-10-38)21-26-22-48-16-17-49-26/h1,7-8,18-20,26,31,46H,3-6,9-17,21-23H2/t26?,31-,38-/m1/s1. The van der Waals surface area contributed by atoms with Crippen LogP contribution in [-0.4, -0.2) is 103 Å². The van der Waals surface area contributed by atoms with E-state index in [-0.39, 0.29) is 51.0 Å². The molecule has 2 aromatic heterocycles. The molecule has 4 aliphatic rings. The van der Waals surface area contributed by atoms with E-state index in [1.165, 1.54) is 30.5 Å². The molecule has 3 atom stereocenters. The van der Waals surface area contributed by atoms with E-state index in [4.69, 9.17) is 30.4 Å². The summed E-state index contributed by atoms with van der Waals surface area (Å²) in [5, 5.41) is 11.8. The lowest BCUT2D eigenvalue weighted by atomic mass is 9.75. The molecule has 262 valence electrons. The largest absolute Gasteiger partial charge is 0.508 e. The number of halogens is 2. The average molecular weight is 686 g/mol. The lowest BCUT2D eigenvalue weighted by Crippen LogP contribution is -2.54. The van der Waals surface area contributed by atoms with Crippen molar-refractivity contribution in [3.05, 3.63) is 47.7 Å². The summed E-state index contributed by atoms with van der Waals surface area (Å²) >= 11 is 0. The number of hydrogen-bond acceptors (Lipinski definition) is 10. The van der Waals surface area contributed by atoms with E-state index in [2.05, 4.69) is 25.7 Å². The maximum absolute atomic E-state index is 16.9. The van der Waals surface area contributed by atoms with E-state index >= 15 is 4.39 Å². The van der Waals surface area contributed by atoms with E-state index in [0.29, 0.717) is 75.4 Å². The molecule has 4 fully saturated rings. The predicted molar refractivity (Wildman–Crippen MR) is 184 cm³/mol. The Morgan fingerprint density at radius 3 is 2.78 bits per heavy atom. The van der Waals surface area contributed by atoms with Crippen LogP contribution in [0.25, 0.3) is 32.9 Å². The average Bonchev–Trinajstić information content (AvgIpc) is 3.38. The van der Waals surface area contributed by atoms with Gasteiger partial charge in [0.25, 0.3) is 0 Å². The molecule has 3 saturated heterocycles. The zero-order valence-electron chi connectivity index (χ0n) is 28.0. The number of hydrogen-bond donors (Lipinski definition) is 1. The molecule has 1 unspecified atom stereocenters. The number of anilines is 1. The van der Waals surface area contributed by atoms with E-state index in [9.17, 15) is 9.50 Å². The molecule has 50 heavy (non-hydrogen) atoms. The van der Waals surface area contributed by atoms with Crippen molar-refractivity contribution in [1.82, 2.24) is 19.9 Å². The Balaban J connectivity index is 1.18. The van der Waals surface area contributed by atoms with Gasteiger partial charge in [-0.05, 0) is 62.2 Å². The van der Waals surface area contributed by atoms with Gasteiger partial charge in [0.05, 0.1) is 50.1 Å². The van der Waals surface area contributed by atoms with Crippen LogP contribution in [0.5, 0.6) is 11.8 Å². The van der Waals surface area contributed by atoms with E-state index in [0.717, 1.165) is 51.6 Å². The minimum atomic E-state index is -0.739. The van der Waals surface area contributed by atoms with Crippen molar-refractivity contribution in [2.45, 2.75) is 50.7 Å². The molecule has 2 aromatic carbocycles. The molecule has 1 saturated carbocycles. The quantitative estimate of drug-likeness (QED) is 0.252. The van der Waals surface area contributed by atoms with Gasteiger partial charge in [0.2, 0.25) is 0 Å². The lowest BCUT2D eigenvalue weighted by molar-refractivity contribution is -0.111. The third kappa shape index (κ3) is 6.10. The molecule has 0 spiro atoms. The number of terminal acetylenes is 1. The molecule has 0 radical (unpaired) electrons. The SMILES string of the molecule is C#Cc1c(F)ccc2cc(O)cc(-c3ncc4c(N5CCCOCC5)nc(OC[C@]56CCC[C@H]5N(CC5COCCO5)CCC6)nc4c3F)c12. The van der Waals surface area contributed by atoms with Gasteiger partial charge in [0, 0.05) is 54.8 Å². The van der Waals surface area contributed by atoms with Crippen molar-refractivity contribution in [3.63, 3.8) is 0 Å². The van der Waals surface area contributed by atoms with Gasteiger partial charge in [-0.1, -0.05) is 18.4 Å². The number of rotatable bonds is 7. The number of phenols is 1. The lowest BCUT2D eigenvalue weighted by Gasteiger charge is -2.47. The molecule has 12 heteroatoms. The molecule has 1 N–H and O–H groups in total. The minimum Gasteiger partial charge on any atom is -0.508 e. The van der Waals surface area contributed by atoms with Crippen molar-refractivity contribution in [2.24, 2.45) is 5.41 Å². The summed E-state index contributed by atoms with van der Waals surface area (Å²) in [7, 11) is 0. The van der Waals surface area contributed by atoms with Crippen LogP contribution in [-0.2, 0) is 14.2 Å². The number of fused-ring (bicyclic) bond motifs is 3. The smallest absolute Gasteiger partial charge is 0.319 e. The Kier molecular flexibility index (Phi) is 9.16. The molecular formula is C38H41F2N5O5. The maximum atomic E-state index is 16.9. The molecule has 0 bridgehead atoms. The monoisotopic (exact) mass is 685 g/mol. The predicted octanol–water partition coefficient (Wildman–Crippen LogP) is 5.47. The number of aromatic nitrogens is 3. The van der Waals surface area contributed by atoms with Gasteiger partial charge in [0.1, 0.15) is 28.6 Å². The number of ether oxygens (including phenoxy) is 4. The van der Waals surface area contributed by atoms with Crippen LogP contribution in [0, 0.1) is 29.4 Å². The number of likely N-dealkylation sites (tertiary alicyclic amines) is 1. The maximum Gasteiger partial charge on any atom is 0.319 e. The summed E-state index contributed by atoms with van der Waals surface area (Å²) in [6.45, 7) is 6.47. The van der Waals surface area contributed by atoms with Crippen LogP contribution in [0.15, 0.2) is 30.5 Å². The Hall–Kier alpha value is -4.15. The summed E-state index contributed by atoms with van der Waals surface area (Å²) in [4.78, 5) is 18.7. The molecule has 1 aliphatic carbocycles. The molecule has 4 aromatic rings. The first kappa shape index (κ1) is 33.0. The summed E-state index contributed by atoms with van der Waals surface area (Å²) in [5.41, 5.74) is -0.0387. The molecule has 10 nitrogen and oxygen atoms in total. The second-order valence-corrected chi connectivity index (χ2v) is 13.8. The first-order valence-corrected chi connectivity index (χ1v) is 17.6. The van der Waals surface area contributed by atoms with E-state index in [1.54, 1.807) is 0 Å². The number of benzene rings is 2. The second-order valence-electron chi connectivity index (χ2n) is 13.8. The Bertz CT molecular complexity index is 1940. The van der Waals surface area contributed by atoms with Crippen molar-refractivity contribution in [1.29, 1.82) is 0 Å². The molecule has 5 heterocycles. The van der Waals surface area contributed by atoms with Crippen LogP contribution < -0.4 is 9.64 Å². The topological polar surface area (TPSA) is 102 Å². The van der Waals surface area contributed by atoms with Gasteiger partial charge < -0.3 is 29.0 Å². The van der Waals surface area contributed by atoms with Crippen LogP contribution >= 0.6 is 0 Å². The number of aromatic hydroxyl groups is 1. The number of nitrogens with zero attached hydrogens (tertiary/aromatic N) is 5. The van der Waals surface area contributed by atoms with Gasteiger partial charge in [-0.2, -0.15) is 9.97 Å². The highest BCUT2D eigenvalue weighted by atomic mass is 19.1. The fraction of sp³-hybridized carbons (Fsp3) is 0.500. The number of pyridine rings is 1. The van der Waals surface area contributed by atoms with Crippen molar-refractivity contribution >= 4 is 27.5 Å². The van der Waals surface area contributed by atoms with Gasteiger partial charge >= 0.3 is 6.01 Å². The highest BCUT2D eigenvalue weighted by Crippen LogP contribution is 2.48. The Morgan fingerprint density at radius 1 is 1.02 bits per heavy atom. The van der Waals surface area contributed by atoms with Gasteiger partial charge in [-0.15, -0.1) is 6.42 Å². The highest BCUT2D eigenvalue weighted by Gasteiger charge is 2.49.